The second kappa shape index (κ2) is 2.45. The molecule has 0 N–H and O–H groups in total. The van der Waals surface area contributed by atoms with Gasteiger partial charge < -0.3 is 0 Å². The van der Waals surface area contributed by atoms with E-state index < -0.39 is 0 Å². The van der Waals surface area contributed by atoms with Crippen LogP contribution in [-0.4, -0.2) is 0 Å². The van der Waals surface area contributed by atoms with E-state index in [-0.39, 0.29) is 10.8 Å². The second-order valence-electron chi connectivity index (χ2n) is 6.36. The summed E-state index contributed by atoms with van der Waals surface area (Å²) in [6.45, 7) is 0. The van der Waals surface area contributed by atoms with E-state index >= 15 is 0 Å². The average Bonchev–Trinajstić information content (AvgIpc) is 2.22. The molecule has 4 aliphatic carbocycles. The molecular formula is C14H16N2. The third-order valence-electron chi connectivity index (χ3n) is 6.58. The topological polar surface area (TPSA) is 47.6 Å². The predicted octanol–water partition coefficient (Wildman–Crippen LogP) is 2.87. The molecule has 0 amide bonds. The van der Waals surface area contributed by atoms with Gasteiger partial charge in [-0.1, -0.05) is 0 Å². The molecule has 0 spiro atoms. The average molecular weight is 212 g/mol. The number of nitriles is 2. The van der Waals surface area contributed by atoms with Gasteiger partial charge in [0, 0.05) is 0 Å². The molecule has 0 bridgehead atoms. The van der Waals surface area contributed by atoms with Gasteiger partial charge in [0.1, 0.15) is 0 Å². The highest BCUT2D eigenvalue weighted by atomic mass is 14.8. The largest absolute Gasteiger partial charge is 0.198 e. The molecule has 2 heteroatoms. The molecule has 4 aliphatic rings. The predicted molar refractivity (Wildman–Crippen MR) is 57.8 cm³/mol. The van der Waals surface area contributed by atoms with Crippen molar-refractivity contribution >= 4 is 0 Å². The highest BCUT2D eigenvalue weighted by Gasteiger charge is 2.76. The Kier molecular flexibility index (Phi) is 1.39. The van der Waals surface area contributed by atoms with Crippen LogP contribution >= 0.6 is 0 Å². The first-order valence-electron chi connectivity index (χ1n) is 6.61. The van der Waals surface area contributed by atoms with Gasteiger partial charge in [0.2, 0.25) is 0 Å². The first kappa shape index (κ1) is 9.06. The van der Waals surface area contributed by atoms with E-state index in [0.717, 1.165) is 24.7 Å². The van der Waals surface area contributed by atoms with E-state index in [1.807, 2.05) is 0 Å². The molecule has 4 saturated carbocycles. The fraction of sp³-hybridized carbons (Fsp3) is 0.857. The van der Waals surface area contributed by atoms with Crippen LogP contribution < -0.4 is 0 Å². The van der Waals surface area contributed by atoms with Crippen molar-refractivity contribution in [2.75, 3.05) is 0 Å². The second-order valence-corrected chi connectivity index (χ2v) is 6.36. The van der Waals surface area contributed by atoms with Crippen molar-refractivity contribution in [3.05, 3.63) is 0 Å². The molecule has 2 nitrogen and oxygen atoms in total. The van der Waals surface area contributed by atoms with Gasteiger partial charge in [0.05, 0.1) is 23.0 Å². The molecule has 0 aliphatic heterocycles. The summed E-state index contributed by atoms with van der Waals surface area (Å²) in [5.41, 5.74) is -0.460. The SMILES string of the molecule is N#CC12CCC1(C#N)C1CCC1C1CCC12. The van der Waals surface area contributed by atoms with Gasteiger partial charge >= 0.3 is 0 Å². The van der Waals surface area contributed by atoms with Crippen molar-refractivity contribution in [2.45, 2.75) is 38.5 Å². The standard InChI is InChI=1S/C14H16N2/c15-7-13-5-6-14(13,8-16)12-4-2-10(12)9-1-3-11(9)13/h9-12H,1-6H2. The van der Waals surface area contributed by atoms with Crippen LogP contribution in [0.15, 0.2) is 0 Å². The molecule has 0 aromatic heterocycles. The summed E-state index contributed by atoms with van der Waals surface area (Å²) in [5.74, 6) is 2.76. The molecule has 0 aromatic carbocycles. The lowest BCUT2D eigenvalue weighted by molar-refractivity contribution is -0.236. The van der Waals surface area contributed by atoms with Crippen molar-refractivity contribution in [1.29, 1.82) is 10.5 Å². The van der Waals surface area contributed by atoms with Gasteiger partial charge in [-0.05, 0) is 62.2 Å². The van der Waals surface area contributed by atoms with E-state index in [4.69, 9.17) is 0 Å². The fourth-order valence-electron chi connectivity index (χ4n) is 5.47. The Morgan fingerprint density at radius 1 is 0.750 bits per heavy atom. The molecule has 6 unspecified atom stereocenters. The minimum Gasteiger partial charge on any atom is -0.198 e. The third-order valence-corrected chi connectivity index (χ3v) is 6.58. The minimum absolute atomic E-state index is 0.230. The third kappa shape index (κ3) is 0.616. The Bertz CT molecular complexity index is 401. The summed E-state index contributed by atoms with van der Waals surface area (Å²) in [6, 6.07) is 5.20. The van der Waals surface area contributed by atoms with Crippen LogP contribution in [-0.2, 0) is 0 Å². The van der Waals surface area contributed by atoms with Crippen LogP contribution in [0.25, 0.3) is 0 Å². The smallest absolute Gasteiger partial charge is 0.0794 e. The Balaban J connectivity index is 1.86. The Morgan fingerprint density at radius 2 is 1.19 bits per heavy atom. The zero-order chi connectivity index (χ0) is 11.0. The highest BCUT2D eigenvalue weighted by molar-refractivity contribution is 5.34. The van der Waals surface area contributed by atoms with Crippen LogP contribution in [0, 0.1) is 57.2 Å². The quantitative estimate of drug-likeness (QED) is 0.620. The first-order chi connectivity index (χ1) is 7.79. The molecule has 4 fully saturated rings. The maximum Gasteiger partial charge on any atom is 0.0794 e. The summed E-state index contributed by atoms with van der Waals surface area (Å²) in [4.78, 5) is 0. The molecule has 0 saturated heterocycles. The molecular weight excluding hydrogens is 196 g/mol. The number of hydrogen-bond acceptors (Lipinski definition) is 2. The van der Waals surface area contributed by atoms with E-state index in [2.05, 4.69) is 12.1 Å². The Morgan fingerprint density at radius 3 is 1.38 bits per heavy atom. The number of hydrogen-bond donors (Lipinski definition) is 0. The molecule has 4 rings (SSSR count). The molecule has 0 aromatic rings. The van der Waals surface area contributed by atoms with Gasteiger partial charge in [-0.2, -0.15) is 10.5 Å². The molecule has 0 heterocycles. The van der Waals surface area contributed by atoms with Crippen LogP contribution in [0.3, 0.4) is 0 Å². The molecule has 82 valence electrons. The number of fused-ring (bicyclic) bond motifs is 6. The zero-order valence-electron chi connectivity index (χ0n) is 9.45. The summed E-state index contributed by atoms with van der Waals surface area (Å²) < 4.78 is 0. The Labute approximate surface area is 96.2 Å². The van der Waals surface area contributed by atoms with Crippen molar-refractivity contribution < 1.29 is 0 Å². The Hall–Kier alpha value is -1.02. The van der Waals surface area contributed by atoms with E-state index in [1.54, 1.807) is 0 Å². The zero-order valence-corrected chi connectivity index (χ0v) is 9.45. The number of nitrogens with zero attached hydrogens (tertiary/aromatic N) is 2. The van der Waals surface area contributed by atoms with Gasteiger partial charge in [-0.3, -0.25) is 0 Å². The summed E-state index contributed by atoms with van der Waals surface area (Å²) in [7, 11) is 0. The van der Waals surface area contributed by atoms with Gasteiger partial charge in [-0.25, -0.2) is 0 Å². The summed E-state index contributed by atoms with van der Waals surface area (Å²) in [5, 5.41) is 19.2. The van der Waals surface area contributed by atoms with E-state index in [9.17, 15) is 10.5 Å². The summed E-state index contributed by atoms with van der Waals surface area (Å²) >= 11 is 0. The van der Waals surface area contributed by atoms with Gasteiger partial charge in [-0.15, -0.1) is 0 Å². The lowest BCUT2D eigenvalue weighted by Gasteiger charge is -2.72. The lowest BCUT2D eigenvalue weighted by atomic mass is 9.28. The molecule has 6 atom stereocenters. The monoisotopic (exact) mass is 212 g/mol. The van der Waals surface area contributed by atoms with Gasteiger partial charge in [0.15, 0.2) is 0 Å². The van der Waals surface area contributed by atoms with Crippen LogP contribution in [0.4, 0.5) is 0 Å². The summed E-state index contributed by atoms with van der Waals surface area (Å²) in [6.07, 6.45) is 7.09. The maximum absolute atomic E-state index is 9.62. The normalized spacial score (nSPS) is 60.6. The van der Waals surface area contributed by atoms with Crippen LogP contribution in [0.5, 0.6) is 0 Å². The molecule has 16 heavy (non-hydrogen) atoms. The van der Waals surface area contributed by atoms with Crippen molar-refractivity contribution in [2.24, 2.45) is 34.5 Å². The fourth-order valence-corrected chi connectivity index (χ4v) is 5.47. The minimum atomic E-state index is -0.230. The van der Waals surface area contributed by atoms with Crippen LogP contribution in [0.2, 0.25) is 0 Å². The maximum atomic E-state index is 9.62. The van der Waals surface area contributed by atoms with E-state index in [0.29, 0.717) is 11.8 Å². The van der Waals surface area contributed by atoms with E-state index in [1.165, 1.54) is 25.7 Å². The number of rotatable bonds is 0. The van der Waals surface area contributed by atoms with Crippen molar-refractivity contribution in [1.82, 2.24) is 0 Å². The van der Waals surface area contributed by atoms with Crippen LogP contribution in [0.1, 0.15) is 38.5 Å². The lowest BCUT2D eigenvalue weighted by Crippen LogP contribution is -2.70. The molecule has 0 radical (unpaired) electrons. The first-order valence-corrected chi connectivity index (χ1v) is 6.61. The van der Waals surface area contributed by atoms with Crippen molar-refractivity contribution in [3.63, 3.8) is 0 Å². The van der Waals surface area contributed by atoms with Gasteiger partial charge in [0.25, 0.3) is 0 Å². The van der Waals surface area contributed by atoms with Crippen molar-refractivity contribution in [3.8, 4) is 12.1 Å². The highest BCUT2D eigenvalue weighted by Crippen LogP contribution is 2.78.